The fourth-order valence-electron chi connectivity index (χ4n) is 1.86. The van der Waals surface area contributed by atoms with Crippen molar-refractivity contribution in [1.29, 1.82) is 0 Å². The summed E-state index contributed by atoms with van der Waals surface area (Å²) in [5.74, 6) is -3.30. The number of carbonyl (C=O) groups is 1. The molecule has 0 aliphatic rings. The number of aryl methyl sites for hydroxylation is 1. The summed E-state index contributed by atoms with van der Waals surface area (Å²) >= 11 is 0. The summed E-state index contributed by atoms with van der Waals surface area (Å²) in [5.41, 5.74) is -4.10. The lowest BCUT2D eigenvalue weighted by Crippen LogP contribution is -2.12. The second-order valence-corrected chi connectivity index (χ2v) is 4.58. The number of hydrogen-bond donors (Lipinski definition) is 1. The van der Waals surface area contributed by atoms with Gasteiger partial charge in [0.15, 0.2) is 11.3 Å². The molecule has 1 aromatic heterocycles. The Labute approximate surface area is 130 Å². The second kappa shape index (κ2) is 5.73. The predicted octanol–water partition coefficient (Wildman–Crippen LogP) is 3.95. The molecule has 130 valence electrons. The van der Waals surface area contributed by atoms with E-state index in [2.05, 4.69) is 5.10 Å². The van der Waals surface area contributed by atoms with E-state index >= 15 is 0 Å². The molecule has 24 heavy (non-hydrogen) atoms. The summed E-state index contributed by atoms with van der Waals surface area (Å²) in [6, 6.07) is 3.28. The van der Waals surface area contributed by atoms with Gasteiger partial charge in [-0.15, -0.1) is 0 Å². The van der Waals surface area contributed by atoms with Crippen molar-refractivity contribution in [2.24, 2.45) is 7.05 Å². The first-order chi connectivity index (χ1) is 10.9. The van der Waals surface area contributed by atoms with Crippen LogP contribution in [0, 0.1) is 0 Å². The van der Waals surface area contributed by atoms with Crippen LogP contribution in [0.25, 0.3) is 0 Å². The van der Waals surface area contributed by atoms with Gasteiger partial charge in [0.1, 0.15) is 5.75 Å². The van der Waals surface area contributed by atoms with Gasteiger partial charge in [0.25, 0.3) is 0 Å². The monoisotopic (exact) mass is 354 g/mol. The van der Waals surface area contributed by atoms with Crippen molar-refractivity contribution in [3.63, 3.8) is 0 Å². The Morgan fingerprint density at radius 2 is 1.79 bits per heavy atom. The minimum Gasteiger partial charge on any atom is -0.477 e. The molecule has 0 saturated carbocycles. The molecular weight excluding hydrogens is 346 g/mol. The fourth-order valence-corrected chi connectivity index (χ4v) is 1.86. The topological polar surface area (TPSA) is 64.4 Å². The van der Waals surface area contributed by atoms with Crippen LogP contribution in [0.3, 0.4) is 0 Å². The first kappa shape index (κ1) is 17.6. The number of alkyl halides is 6. The van der Waals surface area contributed by atoms with E-state index < -0.39 is 46.8 Å². The number of carboxylic acids is 1. The van der Waals surface area contributed by atoms with Gasteiger partial charge in [-0.2, -0.15) is 31.4 Å². The van der Waals surface area contributed by atoms with Crippen LogP contribution in [0.1, 0.15) is 21.6 Å². The minimum absolute atomic E-state index is 0.482. The number of halogens is 6. The van der Waals surface area contributed by atoms with Crippen molar-refractivity contribution in [1.82, 2.24) is 9.78 Å². The quantitative estimate of drug-likeness (QED) is 0.848. The zero-order valence-electron chi connectivity index (χ0n) is 11.7. The Morgan fingerprint density at radius 1 is 1.17 bits per heavy atom. The van der Waals surface area contributed by atoms with Crippen LogP contribution in [0.2, 0.25) is 0 Å². The van der Waals surface area contributed by atoms with Gasteiger partial charge in [-0.25, -0.2) is 9.48 Å². The van der Waals surface area contributed by atoms with E-state index in [1.54, 1.807) is 0 Å². The van der Waals surface area contributed by atoms with Crippen molar-refractivity contribution in [3.05, 3.63) is 41.1 Å². The van der Waals surface area contributed by atoms with E-state index in [-0.39, 0.29) is 0 Å². The summed E-state index contributed by atoms with van der Waals surface area (Å²) in [6.45, 7) is 0. The zero-order valence-corrected chi connectivity index (χ0v) is 11.7. The number of ether oxygens (including phenoxy) is 1. The number of nitrogens with zero attached hydrogens (tertiary/aromatic N) is 2. The zero-order chi connectivity index (χ0) is 18.3. The number of rotatable bonds is 3. The molecule has 11 heteroatoms. The van der Waals surface area contributed by atoms with E-state index in [1.165, 1.54) is 0 Å². The van der Waals surface area contributed by atoms with Crippen LogP contribution in [0.4, 0.5) is 26.3 Å². The lowest BCUT2D eigenvalue weighted by molar-refractivity contribution is -0.142. The van der Waals surface area contributed by atoms with Gasteiger partial charge >= 0.3 is 18.3 Å². The highest BCUT2D eigenvalue weighted by atomic mass is 19.4. The van der Waals surface area contributed by atoms with E-state index in [0.29, 0.717) is 10.7 Å². The third-order valence-electron chi connectivity index (χ3n) is 2.85. The molecule has 0 aliphatic heterocycles. The molecule has 0 saturated heterocycles. The Kier molecular flexibility index (Phi) is 4.21. The molecule has 2 rings (SSSR count). The van der Waals surface area contributed by atoms with E-state index in [0.717, 1.165) is 25.2 Å². The van der Waals surface area contributed by atoms with Crippen molar-refractivity contribution in [3.8, 4) is 11.6 Å². The van der Waals surface area contributed by atoms with Crippen LogP contribution in [-0.2, 0) is 19.4 Å². The number of carboxylic acid groups (broad SMARTS) is 1. The van der Waals surface area contributed by atoms with Crippen molar-refractivity contribution >= 4 is 5.97 Å². The predicted molar refractivity (Wildman–Crippen MR) is 66.7 cm³/mol. The van der Waals surface area contributed by atoms with Crippen LogP contribution in [-0.4, -0.2) is 20.9 Å². The van der Waals surface area contributed by atoms with Crippen molar-refractivity contribution in [2.45, 2.75) is 12.4 Å². The van der Waals surface area contributed by atoms with Gasteiger partial charge < -0.3 is 9.84 Å². The summed E-state index contributed by atoms with van der Waals surface area (Å²) in [7, 11) is 0.977. The first-order valence-corrected chi connectivity index (χ1v) is 6.14. The van der Waals surface area contributed by atoms with Gasteiger partial charge in [0, 0.05) is 7.05 Å². The fraction of sp³-hybridized carbons (Fsp3) is 0.231. The summed E-state index contributed by atoms with van der Waals surface area (Å²) in [4.78, 5) is 11.1. The molecule has 0 fully saturated rings. The van der Waals surface area contributed by atoms with Gasteiger partial charge in [-0.3, -0.25) is 0 Å². The molecule has 0 unspecified atom stereocenters. The van der Waals surface area contributed by atoms with Gasteiger partial charge in [0.2, 0.25) is 5.88 Å². The Balaban J connectivity index is 2.51. The molecule has 1 heterocycles. The van der Waals surface area contributed by atoms with Crippen molar-refractivity contribution in [2.75, 3.05) is 0 Å². The maximum atomic E-state index is 12.8. The number of benzene rings is 1. The molecule has 5 nitrogen and oxygen atoms in total. The van der Waals surface area contributed by atoms with E-state index in [4.69, 9.17) is 9.84 Å². The molecule has 0 atom stereocenters. The van der Waals surface area contributed by atoms with E-state index in [9.17, 15) is 31.1 Å². The molecule has 2 aromatic rings. The van der Waals surface area contributed by atoms with E-state index in [1.807, 2.05) is 0 Å². The lowest BCUT2D eigenvalue weighted by Gasteiger charge is -2.10. The molecule has 0 aliphatic carbocycles. The normalized spacial score (nSPS) is 12.3. The smallest absolute Gasteiger partial charge is 0.436 e. The molecular formula is C13H8F6N2O3. The molecule has 0 amide bonds. The summed E-state index contributed by atoms with van der Waals surface area (Å²) < 4.78 is 81.8. The third kappa shape index (κ3) is 3.44. The molecule has 0 bridgehead atoms. The summed E-state index contributed by atoms with van der Waals surface area (Å²) in [5, 5.41) is 12.0. The second-order valence-electron chi connectivity index (χ2n) is 4.58. The first-order valence-electron chi connectivity index (χ1n) is 6.14. The molecule has 1 N–H and O–H groups in total. The van der Waals surface area contributed by atoms with Gasteiger partial charge in [0.05, 0.1) is 5.56 Å². The van der Waals surface area contributed by atoms with Crippen LogP contribution >= 0.6 is 0 Å². The SMILES string of the molecule is Cn1nc(C(F)(F)F)c(C(=O)O)c1Oc1cccc(C(F)(F)F)c1. The number of hydrogen-bond acceptors (Lipinski definition) is 3. The molecule has 0 spiro atoms. The Hall–Kier alpha value is -2.72. The summed E-state index contributed by atoms with van der Waals surface area (Å²) in [6.07, 6.45) is -9.76. The van der Waals surface area contributed by atoms with Gasteiger partial charge in [-0.1, -0.05) is 6.07 Å². The molecule has 1 aromatic carbocycles. The maximum absolute atomic E-state index is 12.8. The minimum atomic E-state index is -5.07. The third-order valence-corrected chi connectivity index (χ3v) is 2.85. The van der Waals surface area contributed by atoms with Crippen LogP contribution in [0.15, 0.2) is 24.3 Å². The standard InChI is InChI=1S/C13H8F6N2O3/c1-21-10(8(11(22)23)9(20-21)13(17,18)19)24-7-4-2-3-6(5-7)12(14,15)16/h2-5H,1H3,(H,22,23). The number of aromatic nitrogens is 2. The van der Waals surface area contributed by atoms with Gasteiger partial charge in [-0.05, 0) is 18.2 Å². The highest BCUT2D eigenvalue weighted by Gasteiger charge is 2.42. The molecule has 0 radical (unpaired) electrons. The van der Waals surface area contributed by atoms with Crippen LogP contribution < -0.4 is 4.74 Å². The highest BCUT2D eigenvalue weighted by Crippen LogP contribution is 2.38. The maximum Gasteiger partial charge on any atom is 0.436 e. The average Bonchev–Trinajstić information content (AvgIpc) is 2.76. The lowest BCUT2D eigenvalue weighted by atomic mass is 10.2. The largest absolute Gasteiger partial charge is 0.477 e. The average molecular weight is 354 g/mol. The van der Waals surface area contributed by atoms with Crippen LogP contribution in [0.5, 0.6) is 11.6 Å². The van der Waals surface area contributed by atoms with Crippen molar-refractivity contribution < 1.29 is 41.0 Å². The highest BCUT2D eigenvalue weighted by molar-refractivity contribution is 5.92. The Bertz CT molecular complexity index is 779. The Morgan fingerprint density at radius 3 is 2.29 bits per heavy atom. The number of aromatic carboxylic acids is 1.